The molecule has 0 heterocycles. The van der Waals surface area contributed by atoms with Gasteiger partial charge in [-0.1, -0.05) is 55.4 Å². The van der Waals surface area contributed by atoms with E-state index in [0.717, 1.165) is 12.8 Å². The minimum absolute atomic E-state index is 0.0859. The van der Waals surface area contributed by atoms with Crippen LogP contribution in [0.2, 0.25) is 0 Å². The molecule has 0 aliphatic rings. The number of Topliss-reactive ketones (excluding diaryl/α,β-unsaturated/α-hetero) is 2. The molecule has 0 radical (unpaired) electrons. The molecule has 4 N–H and O–H groups in total. The second kappa shape index (κ2) is 7.69. The molecule has 0 bridgehead atoms. The summed E-state index contributed by atoms with van der Waals surface area (Å²) in [5, 5.41) is 0. The van der Waals surface area contributed by atoms with E-state index in [0.29, 0.717) is 0 Å². The van der Waals surface area contributed by atoms with E-state index in [1.54, 1.807) is 0 Å². The minimum atomic E-state index is -0.457. The first kappa shape index (κ1) is 21.3. The lowest BCUT2D eigenvalue weighted by Crippen LogP contribution is -2.45. The molecule has 4 atom stereocenters. The standard InChI is InChI=1S/C18H36N2O2/c1-11(13(19)15(21)17(3,4)5)9-10-12(2)14(20)16(22)18(6,7)8/h11-14H,9-10,19-20H2,1-8H3/t11?,12?,13-,14+. The van der Waals surface area contributed by atoms with Crippen LogP contribution in [0.4, 0.5) is 0 Å². The van der Waals surface area contributed by atoms with Gasteiger partial charge in [-0.05, 0) is 24.7 Å². The molecule has 0 aromatic rings. The van der Waals surface area contributed by atoms with E-state index in [9.17, 15) is 9.59 Å². The Morgan fingerprint density at radius 2 is 0.955 bits per heavy atom. The fourth-order valence-corrected chi connectivity index (χ4v) is 2.40. The molecular weight excluding hydrogens is 276 g/mol. The highest BCUT2D eigenvalue weighted by molar-refractivity contribution is 5.89. The number of hydrogen-bond donors (Lipinski definition) is 2. The minimum Gasteiger partial charge on any atom is -0.321 e. The SMILES string of the molecule is CC(CCC(C)[C@@H](N)C(=O)C(C)(C)C)[C@H](N)C(=O)C(C)(C)C. The lowest BCUT2D eigenvalue weighted by molar-refractivity contribution is -0.129. The number of ketones is 2. The Kier molecular flexibility index (Phi) is 7.43. The number of nitrogens with two attached hydrogens (primary N) is 2. The Balaban J connectivity index is 4.56. The van der Waals surface area contributed by atoms with Crippen LogP contribution in [-0.2, 0) is 9.59 Å². The zero-order chi connectivity index (χ0) is 17.9. The van der Waals surface area contributed by atoms with Crippen molar-refractivity contribution in [1.29, 1.82) is 0 Å². The van der Waals surface area contributed by atoms with Crippen molar-refractivity contribution < 1.29 is 9.59 Å². The van der Waals surface area contributed by atoms with Crippen LogP contribution in [-0.4, -0.2) is 23.7 Å². The van der Waals surface area contributed by atoms with Crippen LogP contribution in [0.5, 0.6) is 0 Å². The zero-order valence-corrected chi connectivity index (χ0v) is 15.7. The molecule has 0 aliphatic carbocycles. The maximum absolute atomic E-state index is 12.2. The smallest absolute Gasteiger partial charge is 0.155 e. The second-order valence-corrected chi connectivity index (χ2v) is 8.81. The van der Waals surface area contributed by atoms with Gasteiger partial charge in [0.15, 0.2) is 11.6 Å². The van der Waals surface area contributed by atoms with Crippen LogP contribution in [0.15, 0.2) is 0 Å². The van der Waals surface area contributed by atoms with Gasteiger partial charge in [0.25, 0.3) is 0 Å². The molecule has 0 aliphatic heterocycles. The van der Waals surface area contributed by atoms with Crippen LogP contribution in [0, 0.1) is 22.7 Å². The largest absolute Gasteiger partial charge is 0.321 e. The number of hydrogen-bond acceptors (Lipinski definition) is 4. The van der Waals surface area contributed by atoms with Crippen LogP contribution < -0.4 is 11.5 Å². The van der Waals surface area contributed by atoms with Crippen molar-refractivity contribution in [2.75, 3.05) is 0 Å². The molecule has 0 rings (SSSR count). The van der Waals surface area contributed by atoms with Crippen LogP contribution in [0.1, 0.15) is 68.2 Å². The molecule has 0 saturated carbocycles. The van der Waals surface area contributed by atoms with Crippen molar-refractivity contribution in [2.24, 2.45) is 34.1 Å². The first-order valence-corrected chi connectivity index (χ1v) is 8.29. The highest BCUT2D eigenvalue weighted by Gasteiger charge is 2.33. The quantitative estimate of drug-likeness (QED) is 0.756. The average molecular weight is 312 g/mol. The molecule has 0 aromatic carbocycles. The Labute approximate surface area is 136 Å². The second-order valence-electron chi connectivity index (χ2n) is 8.81. The maximum Gasteiger partial charge on any atom is 0.155 e. The topological polar surface area (TPSA) is 86.2 Å². The van der Waals surface area contributed by atoms with Gasteiger partial charge in [0.2, 0.25) is 0 Å². The van der Waals surface area contributed by atoms with Gasteiger partial charge in [-0.3, -0.25) is 9.59 Å². The summed E-state index contributed by atoms with van der Waals surface area (Å²) < 4.78 is 0. The van der Waals surface area contributed by atoms with Crippen molar-refractivity contribution in [3.05, 3.63) is 0 Å². The number of carbonyl (C=O) groups excluding carboxylic acids is 2. The van der Waals surface area contributed by atoms with E-state index >= 15 is 0 Å². The fourth-order valence-electron chi connectivity index (χ4n) is 2.40. The van der Waals surface area contributed by atoms with Crippen LogP contribution in [0.3, 0.4) is 0 Å². The summed E-state index contributed by atoms with van der Waals surface area (Å²) in [5.41, 5.74) is 11.3. The van der Waals surface area contributed by atoms with Gasteiger partial charge < -0.3 is 11.5 Å². The third kappa shape index (κ3) is 6.17. The summed E-state index contributed by atoms with van der Waals surface area (Å²) in [5.74, 6) is 0.350. The molecule has 4 nitrogen and oxygen atoms in total. The van der Waals surface area contributed by atoms with Crippen molar-refractivity contribution in [1.82, 2.24) is 0 Å². The Morgan fingerprint density at radius 3 is 1.14 bits per heavy atom. The fraction of sp³-hybridized carbons (Fsp3) is 0.889. The molecule has 0 spiro atoms. The van der Waals surface area contributed by atoms with Gasteiger partial charge >= 0.3 is 0 Å². The zero-order valence-electron chi connectivity index (χ0n) is 15.7. The van der Waals surface area contributed by atoms with E-state index in [4.69, 9.17) is 11.5 Å². The molecule has 0 saturated heterocycles. The summed E-state index contributed by atoms with van der Waals surface area (Å²) in [6, 6.07) is -0.913. The van der Waals surface area contributed by atoms with Gasteiger partial charge in [0, 0.05) is 10.8 Å². The molecular formula is C18H36N2O2. The van der Waals surface area contributed by atoms with E-state index in [2.05, 4.69) is 0 Å². The third-order valence-electron chi connectivity index (χ3n) is 4.39. The van der Waals surface area contributed by atoms with Gasteiger partial charge in [-0.25, -0.2) is 0 Å². The Hall–Kier alpha value is -0.740. The third-order valence-corrected chi connectivity index (χ3v) is 4.39. The Morgan fingerprint density at radius 1 is 0.727 bits per heavy atom. The average Bonchev–Trinajstić information content (AvgIpc) is 2.38. The van der Waals surface area contributed by atoms with Crippen molar-refractivity contribution in [3.63, 3.8) is 0 Å². The molecule has 4 heteroatoms. The van der Waals surface area contributed by atoms with E-state index in [-0.39, 0.29) is 23.4 Å². The maximum atomic E-state index is 12.2. The molecule has 130 valence electrons. The van der Waals surface area contributed by atoms with Crippen LogP contribution >= 0.6 is 0 Å². The summed E-state index contributed by atoms with van der Waals surface area (Å²) in [6.07, 6.45) is 1.60. The monoisotopic (exact) mass is 312 g/mol. The van der Waals surface area contributed by atoms with E-state index in [1.807, 2.05) is 55.4 Å². The summed E-state index contributed by atoms with van der Waals surface area (Å²) in [7, 11) is 0. The molecule has 2 unspecified atom stereocenters. The van der Waals surface area contributed by atoms with Gasteiger partial charge in [-0.15, -0.1) is 0 Å². The van der Waals surface area contributed by atoms with E-state index < -0.39 is 22.9 Å². The lowest BCUT2D eigenvalue weighted by Gasteiger charge is -2.29. The van der Waals surface area contributed by atoms with Gasteiger partial charge in [0.05, 0.1) is 12.1 Å². The molecule has 22 heavy (non-hydrogen) atoms. The van der Waals surface area contributed by atoms with Crippen molar-refractivity contribution in [3.8, 4) is 0 Å². The lowest BCUT2D eigenvalue weighted by atomic mass is 9.78. The molecule has 0 aromatic heterocycles. The van der Waals surface area contributed by atoms with Gasteiger partial charge in [-0.2, -0.15) is 0 Å². The summed E-state index contributed by atoms with van der Waals surface area (Å²) in [6.45, 7) is 15.3. The highest BCUT2D eigenvalue weighted by Crippen LogP contribution is 2.25. The van der Waals surface area contributed by atoms with Crippen LogP contribution in [0.25, 0.3) is 0 Å². The normalized spacial score (nSPS) is 18.5. The predicted octanol–water partition coefficient (Wildman–Crippen LogP) is 2.92. The number of rotatable bonds is 7. The highest BCUT2D eigenvalue weighted by atomic mass is 16.1. The summed E-state index contributed by atoms with van der Waals surface area (Å²) >= 11 is 0. The van der Waals surface area contributed by atoms with E-state index in [1.165, 1.54) is 0 Å². The number of carbonyl (C=O) groups is 2. The summed E-state index contributed by atoms with van der Waals surface area (Å²) in [4.78, 5) is 24.4. The van der Waals surface area contributed by atoms with Gasteiger partial charge in [0.1, 0.15) is 0 Å². The molecule has 0 amide bonds. The predicted molar refractivity (Wildman–Crippen MR) is 92.4 cm³/mol. The first-order chi connectivity index (χ1) is 9.69. The molecule has 0 fully saturated rings. The Bertz CT molecular complexity index is 353. The first-order valence-electron chi connectivity index (χ1n) is 8.29. The van der Waals surface area contributed by atoms with Crippen molar-refractivity contribution >= 4 is 11.6 Å². The van der Waals surface area contributed by atoms with Crippen molar-refractivity contribution in [2.45, 2.75) is 80.3 Å².